The Morgan fingerprint density at radius 1 is 1.29 bits per heavy atom. The molecular weight excluding hydrogens is 308 g/mol. The summed E-state index contributed by atoms with van der Waals surface area (Å²) in [6.07, 6.45) is 5.04. The summed E-state index contributed by atoms with van der Waals surface area (Å²) >= 11 is 0. The molecule has 0 bridgehead atoms. The molecule has 1 aliphatic carbocycles. The Labute approximate surface area is 140 Å². The van der Waals surface area contributed by atoms with Crippen LogP contribution in [0.4, 0.5) is 10.5 Å². The predicted molar refractivity (Wildman–Crippen MR) is 88.9 cm³/mol. The number of hydrogen-bond acceptors (Lipinski definition) is 5. The molecule has 3 rings (SSSR count). The number of aryl methyl sites for hydroxylation is 1. The van der Waals surface area contributed by atoms with Crippen LogP contribution < -0.4 is 15.4 Å². The summed E-state index contributed by atoms with van der Waals surface area (Å²) in [6.45, 7) is 3.51. The van der Waals surface area contributed by atoms with Crippen LogP contribution in [0.5, 0.6) is 5.75 Å². The topological polar surface area (TPSA) is 89.3 Å². The number of carbonyl (C=O) groups excluding carboxylic acids is 1. The summed E-state index contributed by atoms with van der Waals surface area (Å²) < 4.78 is 10.9. The molecule has 1 aromatic heterocycles. The van der Waals surface area contributed by atoms with Crippen LogP contribution in [0.2, 0.25) is 0 Å². The average Bonchev–Trinajstić information content (AvgIpc) is 3.21. The molecule has 0 saturated heterocycles. The van der Waals surface area contributed by atoms with Crippen LogP contribution in [0, 0.1) is 6.92 Å². The van der Waals surface area contributed by atoms with Gasteiger partial charge in [0.25, 0.3) is 0 Å². The Bertz CT molecular complexity index is 677. The van der Waals surface area contributed by atoms with E-state index in [0.717, 1.165) is 18.6 Å². The zero-order valence-corrected chi connectivity index (χ0v) is 13.9. The van der Waals surface area contributed by atoms with Crippen LogP contribution >= 0.6 is 0 Å². The Hall–Kier alpha value is -2.57. The second kappa shape index (κ2) is 7.33. The lowest BCUT2D eigenvalue weighted by Gasteiger charge is -2.14. The van der Waals surface area contributed by atoms with E-state index in [1.54, 1.807) is 13.8 Å². The fourth-order valence-electron chi connectivity index (χ4n) is 2.73. The fraction of sp³-hybridized carbons (Fsp3) is 0.471. The fourth-order valence-corrected chi connectivity index (χ4v) is 2.73. The van der Waals surface area contributed by atoms with Gasteiger partial charge in [-0.3, -0.25) is 0 Å². The number of benzene rings is 1. The monoisotopic (exact) mass is 330 g/mol. The quantitative estimate of drug-likeness (QED) is 0.874. The number of carbonyl (C=O) groups is 1. The number of amides is 2. The summed E-state index contributed by atoms with van der Waals surface area (Å²) in [5.41, 5.74) is 0.695. The van der Waals surface area contributed by atoms with Crippen molar-refractivity contribution in [3.8, 4) is 5.75 Å². The summed E-state index contributed by atoms with van der Waals surface area (Å²) in [5.74, 6) is 1.75. The molecule has 1 saturated carbocycles. The van der Waals surface area contributed by atoms with Crippen molar-refractivity contribution in [3.63, 3.8) is 0 Å². The van der Waals surface area contributed by atoms with E-state index in [9.17, 15) is 4.79 Å². The molecule has 24 heavy (non-hydrogen) atoms. The van der Waals surface area contributed by atoms with Crippen LogP contribution in [0.3, 0.4) is 0 Å². The molecule has 1 heterocycles. The van der Waals surface area contributed by atoms with Gasteiger partial charge in [-0.05, 0) is 63.8 Å². The maximum absolute atomic E-state index is 12.0. The van der Waals surface area contributed by atoms with E-state index in [0.29, 0.717) is 23.5 Å². The minimum atomic E-state index is -0.365. The van der Waals surface area contributed by atoms with Crippen molar-refractivity contribution < 1.29 is 14.1 Å². The molecule has 0 spiro atoms. The van der Waals surface area contributed by atoms with Crippen molar-refractivity contribution in [1.29, 1.82) is 0 Å². The second-order valence-corrected chi connectivity index (χ2v) is 6.05. The molecule has 1 aliphatic rings. The van der Waals surface area contributed by atoms with E-state index in [1.807, 2.05) is 24.3 Å². The predicted octanol–water partition coefficient (Wildman–Crippen LogP) is 3.58. The van der Waals surface area contributed by atoms with Gasteiger partial charge in [-0.25, -0.2) is 4.79 Å². The van der Waals surface area contributed by atoms with Gasteiger partial charge in [0, 0.05) is 5.69 Å². The lowest BCUT2D eigenvalue weighted by atomic mass is 10.2. The lowest BCUT2D eigenvalue weighted by Crippen LogP contribution is -2.31. The zero-order valence-electron chi connectivity index (χ0n) is 13.9. The highest BCUT2D eigenvalue weighted by Crippen LogP contribution is 2.25. The van der Waals surface area contributed by atoms with E-state index in [-0.39, 0.29) is 12.1 Å². The number of nitrogens with zero attached hydrogens (tertiary/aromatic N) is 2. The molecule has 2 aromatic rings. The molecular formula is C17H22N4O3. The van der Waals surface area contributed by atoms with Gasteiger partial charge >= 0.3 is 6.03 Å². The Morgan fingerprint density at radius 2 is 2.00 bits per heavy atom. The number of urea groups is 1. The first-order chi connectivity index (χ1) is 11.6. The minimum absolute atomic E-state index is 0.325. The highest BCUT2D eigenvalue weighted by Gasteiger charge is 2.17. The van der Waals surface area contributed by atoms with Gasteiger partial charge in [0.1, 0.15) is 11.8 Å². The number of ether oxygens (including phenoxy) is 1. The SMILES string of the molecule is Cc1noc([C@@H](C)NC(=O)Nc2ccc(OC3CCCC3)cc2)n1. The first-order valence-corrected chi connectivity index (χ1v) is 8.24. The van der Waals surface area contributed by atoms with E-state index in [4.69, 9.17) is 9.26 Å². The maximum Gasteiger partial charge on any atom is 0.319 e. The van der Waals surface area contributed by atoms with Crippen LogP contribution in [0.1, 0.15) is 50.4 Å². The van der Waals surface area contributed by atoms with Gasteiger partial charge in [-0.1, -0.05) is 5.16 Å². The zero-order chi connectivity index (χ0) is 16.9. The second-order valence-electron chi connectivity index (χ2n) is 6.05. The van der Waals surface area contributed by atoms with Crippen LogP contribution in [0.15, 0.2) is 28.8 Å². The number of anilines is 1. The van der Waals surface area contributed by atoms with Crippen LogP contribution in [-0.4, -0.2) is 22.3 Å². The van der Waals surface area contributed by atoms with Gasteiger partial charge in [-0.15, -0.1) is 0 Å². The van der Waals surface area contributed by atoms with Crippen LogP contribution in [0.25, 0.3) is 0 Å². The molecule has 1 fully saturated rings. The highest BCUT2D eigenvalue weighted by atomic mass is 16.5. The summed E-state index contributed by atoms with van der Waals surface area (Å²) in [7, 11) is 0. The summed E-state index contributed by atoms with van der Waals surface area (Å²) in [6, 6.07) is 6.70. The number of rotatable bonds is 5. The van der Waals surface area contributed by atoms with Crippen molar-refractivity contribution in [3.05, 3.63) is 36.0 Å². The first kappa shape index (κ1) is 16.3. The lowest BCUT2D eigenvalue weighted by molar-refractivity contribution is 0.210. The van der Waals surface area contributed by atoms with Crippen molar-refractivity contribution in [2.45, 2.75) is 51.7 Å². The third-order valence-corrected chi connectivity index (χ3v) is 3.98. The molecule has 7 heteroatoms. The van der Waals surface area contributed by atoms with Crippen molar-refractivity contribution in [1.82, 2.24) is 15.5 Å². The van der Waals surface area contributed by atoms with E-state index >= 15 is 0 Å². The van der Waals surface area contributed by atoms with Gasteiger partial charge < -0.3 is 19.9 Å². The average molecular weight is 330 g/mol. The smallest absolute Gasteiger partial charge is 0.319 e. The maximum atomic E-state index is 12.0. The van der Waals surface area contributed by atoms with Crippen molar-refractivity contribution in [2.75, 3.05) is 5.32 Å². The molecule has 1 aromatic carbocycles. The highest BCUT2D eigenvalue weighted by molar-refractivity contribution is 5.89. The van der Waals surface area contributed by atoms with Gasteiger partial charge in [0.2, 0.25) is 5.89 Å². The standard InChI is InChI=1S/C17H22N4O3/c1-11(16-19-12(2)21-24-16)18-17(22)20-13-7-9-15(10-8-13)23-14-5-3-4-6-14/h7-11,14H,3-6H2,1-2H3,(H2,18,20,22)/t11-/m1/s1. The number of nitrogens with one attached hydrogen (secondary N) is 2. The number of aromatic nitrogens is 2. The molecule has 2 amide bonds. The molecule has 7 nitrogen and oxygen atoms in total. The normalized spacial score (nSPS) is 15.9. The van der Waals surface area contributed by atoms with Crippen molar-refractivity contribution in [2.24, 2.45) is 0 Å². The van der Waals surface area contributed by atoms with Crippen LogP contribution in [-0.2, 0) is 0 Å². The Morgan fingerprint density at radius 3 is 2.62 bits per heavy atom. The molecule has 0 unspecified atom stereocenters. The third kappa shape index (κ3) is 4.24. The van der Waals surface area contributed by atoms with Gasteiger partial charge in [0.05, 0.1) is 6.10 Å². The molecule has 1 atom stereocenters. The molecule has 128 valence electrons. The third-order valence-electron chi connectivity index (χ3n) is 3.98. The van der Waals surface area contributed by atoms with E-state index in [1.165, 1.54) is 12.8 Å². The Kier molecular flexibility index (Phi) is 4.98. The minimum Gasteiger partial charge on any atom is -0.490 e. The van der Waals surface area contributed by atoms with Crippen molar-refractivity contribution >= 4 is 11.7 Å². The van der Waals surface area contributed by atoms with Gasteiger partial charge in [-0.2, -0.15) is 4.98 Å². The van der Waals surface area contributed by atoms with Gasteiger partial charge in [0.15, 0.2) is 5.82 Å². The summed E-state index contributed by atoms with van der Waals surface area (Å²) in [5, 5.41) is 9.24. The number of hydrogen-bond donors (Lipinski definition) is 2. The first-order valence-electron chi connectivity index (χ1n) is 8.24. The molecule has 0 aliphatic heterocycles. The summed E-state index contributed by atoms with van der Waals surface area (Å²) in [4.78, 5) is 16.1. The molecule has 0 radical (unpaired) electrons. The largest absolute Gasteiger partial charge is 0.490 e. The molecule has 2 N–H and O–H groups in total. The Balaban J connectivity index is 1.50. The van der Waals surface area contributed by atoms with E-state index in [2.05, 4.69) is 20.8 Å². The van der Waals surface area contributed by atoms with E-state index < -0.39 is 0 Å².